The van der Waals surface area contributed by atoms with Crippen LogP contribution in [-0.2, 0) is 8.85 Å². The van der Waals surface area contributed by atoms with Crippen molar-refractivity contribution >= 4 is 17.1 Å². The minimum absolute atomic E-state index is 0.601. The monoisotopic (exact) mass is 176 g/mol. The van der Waals surface area contributed by atoms with Gasteiger partial charge in [0.2, 0.25) is 17.1 Å². The van der Waals surface area contributed by atoms with E-state index in [2.05, 4.69) is 13.1 Å². The van der Waals surface area contributed by atoms with E-state index in [1.807, 2.05) is 13.8 Å². The molecule has 0 aliphatic heterocycles. The van der Waals surface area contributed by atoms with Crippen molar-refractivity contribution in [2.75, 3.05) is 13.2 Å². The first-order valence-electron chi connectivity index (χ1n) is 3.65. The van der Waals surface area contributed by atoms with Gasteiger partial charge in [-0.2, -0.15) is 0 Å². The molecule has 60 valence electrons. The van der Waals surface area contributed by atoms with Crippen LogP contribution in [-0.4, -0.2) is 30.3 Å². The molecule has 0 fully saturated rings. The van der Waals surface area contributed by atoms with Crippen molar-refractivity contribution in [2.45, 2.75) is 26.9 Å². The molecule has 0 aromatic carbocycles. The first kappa shape index (κ1) is 10.4. The maximum atomic E-state index is 5.48. The van der Waals surface area contributed by atoms with Gasteiger partial charge in [-0.25, -0.2) is 0 Å². The van der Waals surface area contributed by atoms with Crippen LogP contribution in [0.3, 0.4) is 0 Å². The SMILES string of the molecule is CCO[Si](C)[Si](C)OCC. The Morgan fingerprint density at radius 3 is 1.40 bits per heavy atom. The summed E-state index contributed by atoms with van der Waals surface area (Å²) in [5.74, 6) is 0. The molecule has 4 heteroatoms. The molecule has 0 spiro atoms. The normalized spacial score (nSPS) is 11.4. The quantitative estimate of drug-likeness (QED) is 0.589. The lowest BCUT2D eigenvalue weighted by Gasteiger charge is -2.14. The fourth-order valence-electron chi connectivity index (χ4n) is 0.636. The molecule has 0 aliphatic carbocycles. The summed E-state index contributed by atoms with van der Waals surface area (Å²) in [6.45, 7) is 10.1. The summed E-state index contributed by atoms with van der Waals surface area (Å²) in [5, 5.41) is 0. The Bertz CT molecular complexity index is 70.1. The van der Waals surface area contributed by atoms with Gasteiger partial charge in [-0.05, 0) is 26.9 Å². The van der Waals surface area contributed by atoms with E-state index in [0.717, 1.165) is 13.2 Å². The van der Waals surface area contributed by atoms with E-state index in [4.69, 9.17) is 8.85 Å². The smallest absolute Gasteiger partial charge is 0.226 e. The topological polar surface area (TPSA) is 18.5 Å². The molecule has 0 saturated heterocycles. The number of hydrogen-bond acceptors (Lipinski definition) is 2. The molecule has 2 radical (unpaired) electrons. The van der Waals surface area contributed by atoms with Crippen LogP contribution in [0.25, 0.3) is 0 Å². The molecule has 0 atom stereocenters. The third kappa shape index (κ3) is 4.21. The Balaban J connectivity index is 3.38. The predicted molar refractivity (Wildman–Crippen MR) is 46.5 cm³/mol. The summed E-state index contributed by atoms with van der Waals surface area (Å²) in [5.41, 5.74) is 0. The molecule has 0 bridgehead atoms. The van der Waals surface area contributed by atoms with E-state index in [1.54, 1.807) is 0 Å². The van der Waals surface area contributed by atoms with Crippen molar-refractivity contribution in [3.63, 3.8) is 0 Å². The molecule has 2 nitrogen and oxygen atoms in total. The zero-order chi connectivity index (χ0) is 7.98. The lowest BCUT2D eigenvalue weighted by molar-refractivity contribution is 0.327. The van der Waals surface area contributed by atoms with Gasteiger partial charge < -0.3 is 8.85 Å². The maximum absolute atomic E-state index is 5.48. The van der Waals surface area contributed by atoms with Gasteiger partial charge in [0.15, 0.2) is 0 Å². The van der Waals surface area contributed by atoms with Gasteiger partial charge >= 0.3 is 0 Å². The van der Waals surface area contributed by atoms with Crippen molar-refractivity contribution in [2.24, 2.45) is 0 Å². The first-order chi connectivity index (χ1) is 4.72. The lowest BCUT2D eigenvalue weighted by atomic mass is 10.9. The van der Waals surface area contributed by atoms with E-state index in [9.17, 15) is 0 Å². The molecule has 10 heavy (non-hydrogen) atoms. The second-order valence-corrected chi connectivity index (χ2v) is 9.01. The van der Waals surface area contributed by atoms with Crippen molar-refractivity contribution in [1.29, 1.82) is 0 Å². The summed E-state index contributed by atoms with van der Waals surface area (Å²) in [7, 11) is -1.20. The van der Waals surface area contributed by atoms with Crippen LogP contribution < -0.4 is 0 Å². The van der Waals surface area contributed by atoms with Crippen LogP contribution >= 0.6 is 0 Å². The van der Waals surface area contributed by atoms with Crippen LogP contribution in [0, 0.1) is 0 Å². The summed E-state index contributed by atoms with van der Waals surface area (Å²) in [6.07, 6.45) is 0. The van der Waals surface area contributed by atoms with Gasteiger partial charge in [-0.3, -0.25) is 0 Å². The van der Waals surface area contributed by atoms with Gasteiger partial charge in [-0.15, -0.1) is 0 Å². The van der Waals surface area contributed by atoms with Crippen molar-refractivity contribution in [3.8, 4) is 0 Å². The lowest BCUT2D eigenvalue weighted by Crippen LogP contribution is -2.35. The Labute approximate surface area is 66.8 Å². The molecule has 0 N–H and O–H groups in total. The largest absolute Gasteiger partial charge is 0.418 e. The standard InChI is InChI=1S/C6H16O2Si2/c1-5-7-9(3)10(4)8-6-2/h5-6H2,1-4H3. The van der Waals surface area contributed by atoms with Crippen LogP contribution in [0.1, 0.15) is 13.8 Å². The van der Waals surface area contributed by atoms with E-state index in [-0.39, 0.29) is 0 Å². The number of rotatable bonds is 5. The average molecular weight is 176 g/mol. The third-order valence-corrected chi connectivity index (χ3v) is 7.49. The summed E-state index contributed by atoms with van der Waals surface area (Å²) >= 11 is 0. The van der Waals surface area contributed by atoms with Gasteiger partial charge in [0.25, 0.3) is 0 Å². The highest BCUT2D eigenvalue weighted by molar-refractivity contribution is 7.15. The van der Waals surface area contributed by atoms with Crippen molar-refractivity contribution in [3.05, 3.63) is 0 Å². The zero-order valence-corrected chi connectivity index (χ0v) is 9.23. The summed E-state index contributed by atoms with van der Waals surface area (Å²) < 4.78 is 11.0. The second kappa shape index (κ2) is 6.09. The molecule has 0 rings (SSSR count). The van der Waals surface area contributed by atoms with E-state index in [0.29, 0.717) is 0 Å². The highest BCUT2D eigenvalue weighted by Crippen LogP contribution is 1.94. The van der Waals surface area contributed by atoms with E-state index in [1.165, 1.54) is 0 Å². The Morgan fingerprint density at radius 2 is 1.20 bits per heavy atom. The van der Waals surface area contributed by atoms with E-state index < -0.39 is 17.1 Å². The minimum atomic E-state index is -0.601. The van der Waals surface area contributed by atoms with Gasteiger partial charge in [0, 0.05) is 13.2 Å². The molecule has 0 aromatic rings. The van der Waals surface area contributed by atoms with Crippen LogP contribution in [0.5, 0.6) is 0 Å². The Kier molecular flexibility index (Phi) is 6.30. The maximum Gasteiger partial charge on any atom is 0.226 e. The second-order valence-electron chi connectivity index (χ2n) is 1.98. The van der Waals surface area contributed by atoms with Gasteiger partial charge in [0.05, 0.1) is 0 Å². The van der Waals surface area contributed by atoms with Crippen LogP contribution in [0.2, 0.25) is 13.1 Å². The molecule has 0 unspecified atom stereocenters. The molecule has 0 aliphatic rings. The molecule has 0 aromatic heterocycles. The van der Waals surface area contributed by atoms with Gasteiger partial charge in [0.1, 0.15) is 0 Å². The van der Waals surface area contributed by atoms with Crippen LogP contribution in [0.4, 0.5) is 0 Å². The van der Waals surface area contributed by atoms with Crippen LogP contribution in [0.15, 0.2) is 0 Å². The van der Waals surface area contributed by atoms with Crippen molar-refractivity contribution < 1.29 is 8.85 Å². The molecule has 0 saturated carbocycles. The highest BCUT2D eigenvalue weighted by Gasteiger charge is 2.18. The fraction of sp³-hybridized carbons (Fsp3) is 1.00. The van der Waals surface area contributed by atoms with E-state index >= 15 is 0 Å². The Morgan fingerprint density at radius 1 is 0.900 bits per heavy atom. The molecular weight excluding hydrogens is 160 g/mol. The zero-order valence-electron chi connectivity index (χ0n) is 7.23. The molecular formula is C6H16O2Si2. The summed E-state index contributed by atoms with van der Waals surface area (Å²) in [6, 6.07) is 0. The molecule has 0 amide bonds. The fourth-order valence-corrected chi connectivity index (χ4v) is 3.99. The Hall–Kier alpha value is 0.354. The number of hydrogen-bond donors (Lipinski definition) is 0. The van der Waals surface area contributed by atoms with Crippen molar-refractivity contribution in [1.82, 2.24) is 0 Å². The third-order valence-electron chi connectivity index (χ3n) is 1.22. The molecule has 0 heterocycles. The minimum Gasteiger partial charge on any atom is -0.418 e. The predicted octanol–water partition coefficient (Wildman–Crippen LogP) is 1.38. The van der Waals surface area contributed by atoms with Gasteiger partial charge in [-0.1, -0.05) is 0 Å². The summed E-state index contributed by atoms with van der Waals surface area (Å²) in [4.78, 5) is 0. The first-order valence-corrected chi connectivity index (χ1v) is 8.47. The average Bonchev–Trinajstić information content (AvgIpc) is 1.89. The highest BCUT2D eigenvalue weighted by atomic mass is 29.2.